The zero-order valence-corrected chi connectivity index (χ0v) is 22.0. The number of hydrogen-bond donors (Lipinski definition) is 2. The van der Waals surface area contributed by atoms with Gasteiger partial charge in [0.15, 0.2) is 5.78 Å². The van der Waals surface area contributed by atoms with Crippen molar-refractivity contribution in [3.8, 4) is 11.8 Å². The van der Waals surface area contributed by atoms with Crippen LogP contribution in [-0.4, -0.2) is 12.9 Å². The summed E-state index contributed by atoms with van der Waals surface area (Å²) in [7, 11) is 1.65. The summed E-state index contributed by atoms with van der Waals surface area (Å²) >= 11 is 3.70. The molecule has 0 saturated heterocycles. The molecule has 0 bridgehead atoms. The van der Waals surface area contributed by atoms with Gasteiger partial charge in [-0.3, -0.25) is 4.79 Å². The largest absolute Gasteiger partial charge is 0.497 e. The highest BCUT2D eigenvalue weighted by molar-refractivity contribution is 9.10. The van der Waals surface area contributed by atoms with E-state index >= 15 is 0 Å². The maximum Gasteiger partial charge on any atom is 0.161 e. The molecule has 1 aliphatic heterocycles. The van der Waals surface area contributed by atoms with Crippen LogP contribution in [0.5, 0.6) is 5.75 Å². The first-order chi connectivity index (χ1) is 16.9. The van der Waals surface area contributed by atoms with Gasteiger partial charge in [-0.2, -0.15) is 5.26 Å². The molecule has 2 aromatic rings. The number of nitrogens with zero attached hydrogens (tertiary/aromatic N) is 2. The number of nitriles is 1. The predicted octanol–water partition coefficient (Wildman–Crippen LogP) is 6.69. The van der Waals surface area contributed by atoms with Crippen molar-refractivity contribution in [2.75, 3.05) is 23.1 Å². The number of rotatable bonds is 7. The number of Topliss-reactive ketones (excluding diaryl/α,β-unsaturated/α-hetero) is 1. The molecule has 6 nitrogen and oxygen atoms in total. The highest BCUT2D eigenvalue weighted by atomic mass is 79.9. The van der Waals surface area contributed by atoms with Gasteiger partial charge in [0.25, 0.3) is 0 Å². The van der Waals surface area contributed by atoms with Crippen LogP contribution in [0.4, 0.5) is 17.1 Å². The third-order valence-corrected chi connectivity index (χ3v) is 7.46. The van der Waals surface area contributed by atoms with E-state index in [4.69, 9.17) is 10.5 Å². The van der Waals surface area contributed by atoms with Crippen LogP contribution in [0, 0.1) is 17.2 Å². The lowest BCUT2D eigenvalue weighted by atomic mass is 9.79. The van der Waals surface area contributed by atoms with Crippen molar-refractivity contribution in [1.29, 1.82) is 5.26 Å². The lowest BCUT2D eigenvalue weighted by molar-refractivity contribution is -0.117. The average molecular weight is 535 g/mol. The number of carbonyl (C=O) groups excluding carboxylic acids is 1. The van der Waals surface area contributed by atoms with Gasteiger partial charge < -0.3 is 20.7 Å². The lowest BCUT2D eigenvalue weighted by Gasteiger charge is -2.39. The normalized spacial score (nSPS) is 17.9. The summed E-state index contributed by atoms with van der Waals surface area (Å²) in [5.74, 6) is 1.30. The minimum absolute atomic E-state index is 0.165. The number of anilines is 3. The van der Waals surface area contributed by atoms with E-state index in [-0.39, 0.29) is 5.78 Å². The summed E-state index contributed by atoms with van der Waals surface area (Å²) in [4.78, 5) is 15.1. The highest BCUT2D eigenvalue weighted by Crippen LogP contribution is 2.45. The fraction of sp³-hybridized carbons (Fsp3) is 0.357. The van der Waals surface area contributed by atoms with E-state index in [1.807, 2.05) is 43.3 Å². The van der Waals surface area contributed by atoms with Crippen LogP contribution in [0.3, 0.4) is 0 Å². The minimum atomic E-state index is 0.165. The van der Waals surface area contributed by atoms with Crippen LogP contribution in [-0.2, 0) is 11.3 Å². The number of carbonyl (C=O) groups is 1. The van der Waals surface area contributed by atoms with E-state index < -0.39 is 0 Å². The molecule has 1 aliphatic carbocycles. The maximum atomic E-state index is 13.0. The van der Waals surface area contributed by atoms with Crippen LogP contribution in [0.1, 0.15) is 51.5 Å². The van der Waals surface area contributed by atoms with E-state index in [1.165, 1.54) is 0 Å². The third-order valence-electron chi connectivity index (χ3n) is 6.84. The molecule has 2 aliphatic rings. The van der Waals surface area contributed by atoms with Crippen molar-refractivity contribution < 1.29 is 9.53 Å². The first-order valence-corrected chi connectivity index (χ1v) is 12.8. The molecule has 7 heteroatoms. The average Bonchev–Trinajstić information content (AvgIpc) is 2.83. The SMILES string of the molecule is CCCC1CC(=O)C2=C(C1)N(c1cc(N)c(NCc3cccc(OC)c3)c(Br)c1)C(C)=C(C#N)C2. The van der Waals surface area contributed by atoms with Gasteiger partial charge in [0.1, 0.15) is 5.75 Å². The van der Waals surface area contributed by atoms with Crippen molar-refractivity contribution in [3.63, 3.8) is 0 Å². The van der Waals surface area contributed by atoms with Crippen LogP contribution >= 0.6 is 15.9 Å². The Kier molecular flexibility index (Phi) is 7.51. The Morgan fingerprint density at radius 1 is 1.29 bits per heavy atom. The monoisotopic (exact) mass is 534 g/mol. The van der Waals surface area contributed by atoms with Crippen molar-refractivity contribution in [2.24, 2.45) is 5.92 Å². The van der Waals surface area contributed by atoms with Gasteiger partial charge in [-0.1, -0.05) is 25.5 Å². The molecule has 1 atom stereocenters. The zero-order chi connectivity index (χ0) is 25.1. The second-order valence-corrected chi connectivity index (χ2v) is 10.1. The lowest BCUT2D eigenvalue weighted by Crippen LogP contribution is -2.34. The van der Waals surface area contributed by atoms with Crippen LogP contribution in [0.15, 0.2) is 63.4 Å². The number of ketones is 1. The van der Waals surface area contributed by atoms with Crippen LogP contribution < -0.4 is 20.7 Å². The Morgan fingerprint density at radius 2 is 2.09 bits per heavy atom. The Labute approximate surface area is 215 Å². The Bertz CT molecular complexity index is 1230. The molecule has 0 spiro atoms. The van der Waals surface area contributed by atoms with Crippen molar-refractivity contribution >= 4 is 38.8 Å². The van der Waals surface area contributed by atoms with Gasteiger partial charge in [-0.15, -0.1) is 0 Å². The summed E-state index contributed by atoms with van der Waals surface area (Å²) < 4.78 is 6.14. The quantitative estimate of drug-likeness (QED) is 0.384. The number of halogens is 1. The topological polar surface area (TPSA) is 91.4 Å². The predicted molar refractivity (Wildman–Crippen MR) is 144 cm³/mol. The second-order valence-electron chi connectivity index (χ2n) is 9.20. The number of nitrogens with two attached hydrogens (primary N) is 1. The first kappa shape index (κ1) is 24.9. The third kappa shape index (κ3) is 5.08. The van der Waals surface area contributed by atoms with Gasteiger partial charge in [-0.05, 0) is 71.4 Å². The van der Waals surface area contributed by atoms with Gasteiger partial charge in [0.05, 0.1) is 30.1 Å². The van der Waals surface area contributed by atoms with Gasteiger partial charge in [0.2, 0.25) is 0 Å². The molecule has 0 aromatic heterocycles. The standard InChI is InChI=1S/C28H31BrN4O2/c1-4-6-18-10-26-23(27(34)11-18)12-20(15-30)17(2)33(26)21-13-24(29)28(25(31)14-21)32-16-19-7-5-8-22(9-19)35-3/h5,7-9,13-14,18,32H,4,6,10-12,16,31H2,1-3H3. The number of hydrogen-bond acceptors (Lipinski definition) is 6. The van der Waals surface area contributed by atoms with Crippen molar-refractivity contribution in [3.05, 3.63) is 69.0 Å². The first-order valence-electron chi connectivity index (χ1n) is 12.0. The molecule has 3 N–H and O–H groups in total. The molecule has 1 heterocycles. The molecular formula is C28H31BrN4O2. The molecule has 4 rings (SSSR count). The summed E-state index contributed by atoms with van der Waals surface area (Å²) in [5.41, 5.74) is 13.1. The molecule has 0 radical (unpaired) electrons. The Hall–Kier alpha value is -3.24. The summed E-state index contributed by atoms with van der Waals surface area (Å²) in [5, 5.41) is 13.2. The molecular weight excluding hydrogens is 504 g/mol. The number of ether oxygens (including phenoxy) is 1. The summed E-state index contributed by atoms with van der Waals surface area (Å²) in [6.07, 6.45) is 3.88. The molecule has 0 amide bonds. The smallest absolute Gasteiger partial charge is 0.161 e. The Balaban J connectivity index is 1.68. The minimum Gasteiger partial charge on any atom is -0.497 e. The molecule has 0 saturated carbocycles. The fourth-order valence-corrected chi connectivity index (χ4v) is 5.67. The fourth-order valence-electron chi connectivity index (χ4n) is 5.07. The van der Waals surface area contributed by atoms with Crippen molar-refractivity contribution in [2.45, 2.75) is 52.5 Å². The molecule has 2 aromatic carbocycles. The summed E-state index contributed by atoms with van der Waals surface area (Å²) in [6.45, 7) is 4.69. The van der Waals surface area contributed by atoms with Crippen molar-refractivity contribution in [1.82, 2.24) is 0 Å². The van der Waals surface area contributed by atoms with E-state index in [1.54, 1.807) is 7.11 Å². The number of methoxy groups -OCH3 is 1. The van der Waals surface area contributed by atoms with Gasteiger partial charge >= 0.3 is 0 Å². The van der Waals surface area contributed by atoms with E-state index in [0.717, 1.165) is 63.4 Å². The summed E-state index contributed by atoms with van der Waals surface area (Å²) in [6, 6.07) is 14.1. The second kappa shape index (κ2) is 10.6. The number of benzene rings is 2. The van der Waals surface area contributed by atoms with Gasteiger partial charge in [-0.25, -0.2) is 0 Å². The van der Waals surface area contributed by atoms with Crippen LogP contribution in [0.25, 0.3) is 0 Å². The zero-order valence-electron chi connectivity index (χ0n) is 20.5. The van der Waals surface area contributed by atoms with E-state index in [0.29, 0.717) is 36.6 Å². The molecule has 0 fully saturated rings. The number of allylic oxidation sites excluding steroid dienone is 4. The molecule has 182 valence electrons. The highest BCUT2D eigenvalue weighted by Gasteiger charge is 2.35. The Morgan fingerprint density at radius 3 is 2.77 bits per heavy atom. The molecule has 1 unspecified atom stereocenters. The molecule has 35 heavy (non-hydrogen) atoms. The van der Waals surface area contributed by atoms with E-state index in [2.05, 4.69) is 39.1 Å². The van der Waals surface area contributed by atoms with Gasteiger partial charge in [0, 0.05) is 46.5 Å². The maximum absolute atomic E-state index is 13.0. The number of nitrogen functional groups attached to an aromatic ring is 1. The van der Waals surface area contributed by atoms with E-state index in [9.17, 15) is 10.1 Å². The number of nitrogens with one attached hydrogen (secondary N) is 1. The van der Waals surface area contributed by atoms with Crippen LogP contribution in [0.2, 0.25) is 0 Å².